The Morgan fingerprint density at radius 2 is 1.03 bits per heavy atom. The number of rotatable bonds is 7. The van der Waals surface area contributed by atoms with Crippen LogP contribution in [-0.2, 0) is 20.2 Å². The van der Waals surface area contributed by atoms with Gasteiger partial charge in [0.1, 0.15) is 21.3 Å². The van der Waals surface area contributed by atoms with Gasteiger partial charge in [0, 0.05) is 5.56 Å². The molecule has 4 aromatic rings. The largest absolute Gasteiger partial charge is 0.495 e. The smallest absolute Gasteiger partial charge is 0.361 e. The van der Waals surface area contributed by atoms with Crippen molar-refractivity contribution in [1.82, 2.24) is 0 Å². The van der Waals surface area contributed by atoms with Gasteiger partial charge >= 0.3 is 11.5 Å². The minimum atomic E-state index is -4.61. The minimum absolute atomic E-state index is 0.0476. The summed E-state index contributed by atoms with van der Waals surface area (Å²) in [7, 11) is -6.66. The lowest BCUT2D eigenvalue weighted by Crippen LogP contribution is -2.02. The molecule has 4 rings (SSSR count). The van der Waals surface area contributed by atoms with Crippen LogP contribution in [0.15, 0.2) is 93.1 Å². The van der Waals surface area contributed by atoms with E-state index < -0.39 is 30.0 Å². The van der Waals surface area contributed by atoms with Gasteiger partial charge in [-0.3, -0.25) is 9.11 Å². The van der Waals surface area contributed by atoms with Crippen LogP contribution >= 0.6 is 0 Å². The fourth-order valence-corrected chi connectivity index (χ4v) is 5.01. The van der Waals surface area contributed by atoms with E-state index >= 15 is 0 Å². The van der Waals surface area contributed by atoms with Crippen molar-refractivity contribution in [1.29, 1.82) is 0 Å². The summed E-state index contributed by atoms with van der Waals surface area (Å²) in [6, 6.07) is 20.9. The van der Waals surface area contributed by atoms with Gasteiger partial charge in [-0.2, -0.15) is 16.8 Å². The van der Waals surface area contributed by atoms with E-state index in [4.69, 9.17) is 13.9 Å². The lowest BCUT2D eigenvalue weighted by molar-refractivity contribution is 0.397. The Balaban J connectivity index is 1.98. The van der Waals surface area contributed by atoms with Gasteiger partial charge in [0.2, 0.25) is 0 Å². The van der Waals surface area contributed by atoms with Crippen molar-refractivity contribution in [3.63, 3.8) is 0 Å². The third-order valence-corrected chi connectivity index (χ3v) is 7.10. The van der Waals surface area contributed by atoms with Crippen molar-refractivity contribution in [2.75, 3.05) is 14.2 Å². The van der Waals surface area contributed by atoms with E-state index in [1.807, 2.05) is 30.3 Å². The molecule has 9 nitrogen and oxygen atoms in total. The molecule has 36 heavy (non-hydrogen) atoms. The molecule has 0 atom stereocenters. The first-order chi connectivity index (χ1) is 17.0. The van der Waals surface area contributed by atoms with E-state index in [9.17, 15) is 25.9 Å². The predicted molar refractivity (Wildman–Crippen MR) is 132 cm³/mol. The summed E-state index contributed by atoms with van der Waals surface area (Å²) in [4.78, 5) is -0.884. The van der Waals surface area contributed by atoms with Crippen LogP contribution in [0.1, 0.15) is 0 Å². The van der Waals surface area contributed by atoms with Gasteiger partial charge in [0.25, 0.3) is 20.2 Å². The van der Waals surface area contributed by atoms with Crippen LogP contribution in [0.25, 0.3) is 33.8 Å². The van der Waals surface area contributed by atoms with Crippen LogP contribution in [0.3, 0.4) is 0 Å². The molecule has 0 unspecified atom stereocenters. The van der Waals surface area contributed by atoms with Crippen LogP contribution < -0.4 is 9.47 Å². The maximum absolute atomic E-state index is 11.9. The van der Waals surface area contributed by atoms with Gasteiger partial charge in [-0.1, -0.05) is 30.3 Å². The first-order valence-corrected chi connectivity index (χ1v) is 13.2. The fourth-order valence-electron chi connectivity index (χ4n) is 3.65. The van der Waals surface area contributed by atoms with Gasteiger partial charge in [-0.25, -0.2) is 4.42 Å². The molecule has 0 aliphatic heterocycles. The van der Waals surface area contributed by atoms with E-state index in [0.717, 1.165) is 5.56 Å². The zero-order valence-corrected chi connectivity index (χ0v) is 20.7. The van der Waals surface area contributed by atoms with Crippen LogP contribution in [-0.4, -0.2) is 40.2 Å². The molecule has 0 saturated carbocycles. The number of benzene rings is 3. The van der Waals surface area contributed by atoms with Crippen LogP contribution in [0.4, 0.5) is 0 Å². The molecule has 0 fully saturated rings. The van der Waals surface area contributed by atoms with Crippen LogP contribution in [0.2, 0.25) is 0 Å². The highest BCUT2D eigenvalue weighted by molar-refractivity contribution is 7.86. The topological polar surface area (TPSA) is 138 Å². The van der Waals surface area contributed by atoms with Crippen molar-refractivity contribution in [3.05, 3.63) is 78.9 Å². The zero-order chi connectivity index (χ0) is 26.1. The van der Waals surface area contributed by atoms with Crippen LogP contribution in [0.5, 0.6) is 11.5 Å². The number of methoxy groups -OCH3 is 2. The molecule has 0 spiro atoms. The molecule has 0 aliphatic carbocycles. The maximum atomic E-state index is 11.9. The first kappa shape index (κ1) is 25.3. The monoisotopic (exact) mass is 529 g/mol. The second kappa shape index (κ2) is 9.70. The van der Waals surface area contributed by atoms with E-state index in [1.54, 1.807) is 24.3 Å². The third-order valence-electron chi connectivity index (χ3n) is 5.35. The van der Waals surface area contributed by atoms with Crippen LogP contribution in [0, 0.1) is 0 Å². The molecule has 1 aromatic heterocycles. The lowest BCUT2D eigenvalue weighted by atomic mass is 10.0. The molecule has 0 saturated heterocycles. The van der Waals surface area contributed by atoms with Gasteiger partial charge in [-0.15, -0.1) is 0 Å². The molecule has 1 heterocycles. The quantitative estimate of drug-likeness (QED) is 0.248. The number of hydrogen-bond donors (Lipinski definition) is 2. The van der Waals surface area contributed by atoms with Crippen molar-refractivity contribution in [2.45, 2.75) is 9.79 Å². The summed E-state index contributed by atoms with van der Waals surface area (Å²) in [6.07, 6.45) is 0. The van der Waals surface area contributed by atoms with Crippen molar-refractivity contribution in [3.8, 4) is 45.3 Å². The average Bonchev–Trinajstić information content (AvgIpc) is 2.87. The maximum Gasteiger partial charge on any atom is 0.361 e. The summed E-state index contributed by atoms with van der Waals surface area (Å²) in [5.41, 5.74) is 2.11. The van der Waals surface area contributed by atoms with E-state index in [0.29, 0.717) is 16.7 Å². The Kier molecular flexibility index (Phi) is 6.83. The summed E-state index contributed by atoms with van der Waals surface area (Å²) in [5, 5.41) is 0. The molecule has 11 heteroatoms. The molecule has 3 aromatic carbocycles. The predicted octanol–water partition coefficient (Wildman–Crippen LogP) is 5.07. The lowest BCUT2D eigenvalue weighted by Gasteiger charge is -2.08. The van der Waals surface area contributed by atoms with E-state index in [1.165, 1.54) is 38.5 Å². The Morgan fingerprint density at radius 1 is 0.583 bits per heavy atom. The summed E-state index contributed by atoms with van der Waals surface area (Å²) < 4.78 is 83.2. The highest BCUT2D eigenvalue weighted by atomic mass is 32.2. The molecule has 0 radical (unpaired) electrons. The van der Waals surface area contributed by atoms with E-state index in [-0.39, 0.29) is 23.0 Å². The summed E-state index contributed by atoms with van der Waals surface area (Å²) in [5.74, 6) is 0.355. The molecule has 0 bridgehead atoms. The average molecular weight is 530 g/mol. The molecule has 0 aliphatic rings. The fraction of sp³-hybridized carbons (Fsp3) is 0.0800. The SMILES string of the molecule is COc1ccc(-c2cc(-c3ccccc3)cc(-c3ccc(OC)c(S(=O)(=O)O)c3)[o+]2)cc1S(=O)(=O)O. The molecule has 2 N–H and O–H groups in total. The molecular formula is C25H21O9S2+. The highest BCUT2D eigenvalue weighted by Crippen LogP contribution is 2.37. The number of hydrogen-bond acceptors (Lipinski definition) is 6. The Labute approximate surface area is 208 Å². The van der Waals surface area contributed by atoms with Crippen molar-refractivity contribution < 1.29 is 39.8 Å². The van der Waals surface area contributed by atoms with Gasteiger partial charge in [0.05, 0.1) is 37.5 Å². The zero-order valence-electron chi connectivity index (χ0n) is 19.1. The summed E-state index contributed by atoms with van der Waals surface area (Å²) in [6.45, 7) is 0. The number of ether oxygens (including phenoxy) is 2. The Morgan fingerprint density at radius 3 is 1.42 bits per heavy atom. The normalized spacial score (nSPS) is 11.8. The highest BCUT2D eigenvalue weighted by Gasteiger charge is 2.26. The summed E-state index contributed by atoms with van der Waals surface area (Å²) >= 11 is 0. The standard InChI is InChI=1S/C25H20O9S2/c1-32-20-10-8-17(14-24(20)35(26,27)28)22-12-19(16-6-4-3-5-7-16)13-23(34-22)18-9-11-21(33-2)25(15-18)36(29,30)31/h3-15H,1-2H3,(H-,26,27,28,29,30,31)/p+1. The molecular weight excluding hydrogens is 508 g/mol. The first-order valence-electron chi connectivity index (χ1n) is 10.4. The Bertz CT molecular complexity index is 1540. The van der Waals surface area contributed by atoms with Crippen molar-refractivity contribution in [2.24, 2.45) is 0 Å². The Hall–Kier alpha value is -3.77. The molecule has 0 amide bonds. The van der Waals surface area contributed by atoms with Gasteiger partial charge in [0.15, 0.2) is 0 Å². The molecule has 186 valence electrons. The van der Waals surface area contributed by atoms with Crippen molar-refractivity contribution >= 4 is 20.2 Å². The van der Waals surface area contributed by atoms with Gasteiger partial charge < -0.3 is 9.47 Å². The second-order valence-corrected chi connectivity index (χ2v) is 10.4. The second-order valence-electron chi connectivity index (χ2n) is 7.62. The minimum Gasteiger partial charge on any atom is -0.495 e. The third kappa shape index (κ3) is 5.24. The van der Waals surface area contributed by atoms with E-state index in [2.05, 4.69) is 0 Å². The van der Waals surface area contributed by atoms with Gasteiger partial charge in [-0.05, 0) is 42.0 Å².